The third-order valence-electron chi connectivity index (χ3n) is 4.78. The summed E-state index contributed by atoms with van der Waals surface area (Å²) in [4.78, 5) is 25.0. The molecule has 0 aliphatic rings. The van der Waals surface area contributed by atoms with Crippen LogP contribution in [0, 0.1) is 6.92 Å². The van der Waals surface area contributed by atoms with Gasteiger partial charge in [0.25, 0.3) is 11.8 Å². The summed E-state index contributed by atoms with van der Waals surface area (Å²) in [5.74, 6) is 0.283. The predicted molar refractivity (Wildman–Crippen MR) is 120 cm³/mol. The van der Waals surface area contributed by atoms with Gasteiger partial charge in [0.1, 0.15) is 5.75 Å². The van der Waals surface area contributed by atoms with Gasteiger partial charge in [-0.25, -0.2) is 0 Å². The van der Waals surface area contributed by atoms with Crippen LogP contribution >= 0.6 is 0 Å². The average molecular weight is 402 g/mol. The van der Waals surface area contributed by atoms with Crippen LogP contribution in [0.2, 0.25) is 0 Å². The van der Waals surface area contributed by atoms with Crippen LogP contribution in [-0.2, 0) is 0 Å². The molecular weight excluding hydrogens is 376 g/mol. The van der Waals surface area contributed by atoms with Gasteiger partial charge in [-0.1, -0.05) is 31.2 Å². The fraction of sp³-hybridized carbons (Fsp3) is 0.200. The molecule has 2 amide bonds. The van der Waals surface area contributed by atoms with E-state index in [9.17, 15) is 9.59 Å². The van der Waals surface area contributed by atoms with Crippen molar-refractivity contribution in [2.75, 3.05) is 10.6 Å². The van der Waals surface area contributed by atoms with Gasteiger partial charge in [-0.15, -0.1) is 0 Å². The largest absolute Gasteiger partial charge is 0.491 e. The smallest absolute Gasteiger partial charge is 0.255 e. The Hall–Kier alpha value is -3.60. The lowest BCUT2D eigenvalue weighted by molar-refractivity contribution is 0.101. The van der Waals surface area contributed by atoms with Crippen LogP contribution < -0.4 is 15.4 Å². The van der Waals surface area contributed by atoms with Crippen molar-refractivity contribution in [1.29, 1.82) is 0 Å². The molecule has 0 aliphatic carbocycles. The number of aryl methyl sites for hydroxylation is 1. The van der Waals surface area contributed by atoms with Crippen LogP contribution in [0.1, 0.15) is 46.5 Å². The summed E-state index contributed by atoms with van der Waals surface area (Å²) in [5.41, 5.74) is 3.32. The number of benzene rings is 3. The van der Waals surface area contributed by atoms with E-state index in [-0.39, 0.29) is 17.9 Å². The van der Waals surface area contributed by atoms with Crippen molar-refractivity contribution in [3.8, 4) is 5.75 Å². The Labute approximate surface area is 177 Å². The van der Waals surface area contributed by atoms with Gasteiger partial charge in [0.2, 0.25) is 0 Å². The summed E-state index contributed by atoms with van der Waals surface area (Å²) in [6.07, 6.45) is 0.979. The molecule has 0 saturated heterocycles. The number of hydrogen-bond donors (Lipinski definition) is 2. The molecule has 5 heteroatoms. The van der Waals surface area contributed by atoms with Gasteiger partial charge in [-0.3, -0.25) is 9.59 Å². The Bertz CT molecular complexity index is 1030. The minimum absolute atomic E-state index is 0.0876. The molecule has 0 spiro atoms. The van der Waals surface area contributed by atoms with E-state index in [4.69, 9.17) is 4.74 Å². The SMILES string of the molecule is CCC(C)Oc1cccc(C(=O)Nc2ccc(NC(=O)c3ccccc3)c(C)c2)c1. The van der Waals surface area contributed by atoms with E-state index in [0.717, 1.165) is 12.0 Å². The topological polar surface area (TPSA) is 67.4 Å². The van der Waals surface area contributed by atoms with E-state index in [0.29, 0.717) is 28.3 Å². The second-order valence-electron chi connectivity index (χ2n) is 7.17. The minimum Gasteiger partial charge on any atom is -0.491 e. The Morgan fingerprint density at radius 2 is 1.57 bits per heavy atom. The lowest BCUT2D eigenvalue weighted by atomic mass is 10.1. The first-order valence-electron chi connectivity index (χ1n) is 10.0. The number of carbonyl (C=O) groups excluding carboxylic acids is 2. The Morgan fingerprint density at radius 1 is 0.867 bits per heavy atom. The number of rotatable bonds is 7. The zero-order chi connectivity index (χ0) is 21.5. The van der Waals surface area contributed by atoms with Gasteiger partial charge < -0.3 is 15.4 Å². The van der Waals surface area contributed by atoms with Crippen molar-refractivity contribution < 1.29 is 14.3 Å². The predicted octanol–water partition coefficient (Wildman–Crippen LogP) is 5.68. The molecule has 3 aromatic rings. The molecule has 30 heavy (non-hydrogen) atoms. The van der Waals surface area contributed by atoms with Crippen LogP contribution in [0.4, 0.5) is 11.4 Å². The minimum atomic E-state index is -0.218. The monoisotopic (exact) mass is 402 g/mol. The third kappa shape index (κ3) is 5.47. The lowest BCUT2D eigenvalue weighted by Crippen LogP contribution is -2.15. The molecule has 0 radical (unpaired) electrons. The van der Waals surface area contributed by atoms with Gasteiger partial charge in [0, 0.05) is 22.5 Å². The van der Waals surface area contributed by atoms with E-state index in [1.54, 1.807) is 42.5 Å². The van der Waals surface area contributed by atoms with E-state index in [2.05, 4.69) is 17.6 Å². The summed E-state index contributed by atoms with van der Waals surface area (Å²) < 4.78 is 5.79. The summed E-state index contributed by atoms with van der Waals surface area (Å²) in [6, 6.07) is 21.6. The molecule has 0 fully saturated rings. The molecule has 3 aromatic carbocycles. The van der Waals surface area contributed by atoms with Crippen molar-refractivity contribution in [3.63, 3.8) is 0 Å². The maximum absolute atomic E-state index is 12.6. The second-order valence-corrected chi connectivity index (χ2v) is 7.17. The number of ether oxygens (including phenoxy) is 1. The summed E-state index contributed by atoms with van der Waals surface area (Å²) in [7, 11) is 0. The summed E-state index contributed by atoms with van der Waals surface area (Å²) in [6.45, 7) is 5.93. The lowest BCUT2D eigenvalue weighted by Gasteiger charge is -2.14. The quantitative estimate of drug-likeness (QED) is 0.534. The Balaban J connectivity index is 1.67. The summed E-state index contributed by atoms with van der Waals surface area (Å²) in [5, 5.41) is 5.80. The number of anilines is 2. The standard InChI is InChI=1S/C25H26N2O3/c1-4-18(3)30-22-12-8-11-20(16-22)25(29)26-21-13-14-23(17(2)15-21)27-24(28)19-9-6-5-7-10-19/h5-16,18H,4H2,1-3H3,(H,26,29)(H,27,28). The first-order valence-corrected chi connectivity index (χ1v) is 10.0. The third-order valence-corrected chi connectivity index (χ3v) is 4.78. The van der Waals surface area contributed by atoms with Crippen LogP contribution in [0.25, 0.3) is 0 Å². The van der Waals surface area contributed by atoms with E-state index in [1.165, 1.54) is 0 Å². The molecule has 0 bridgehead atoms. The number of hydrogen-bond acceptors (Lipinski definition) is 3. The average Bonchev–Trinajstić information content (AvgIpc) is 2.76. The highest BCUT2D eigenvalue weighted by atomic mass is 16.5. The van der Waals surface area contributed by atoms with Crippen molar-refractivity contribution >= 4 is 23.2 Å². The van der Waals surface area contributed by atoms with Crippen LogP contribution in [-0.4, -0.2) is 17.9 Å². The van der Waals surface area contributed by atoms with Crippen LogP contribution in [0.15, 0.2) is 72.8 Å². The van der Waals surface area contributed by atoms with Crippen molar-refractivity contribution in [2.45, 2.75) is 33.3 Å². The van der Waals surface area contributed by atoms with Gasteiger partial charge >= 0.3 is 0 Å². The first kappa shape index (κ1) is 21.1. The molecule has 0 aliphatic heterocycles. The fourth-order valence-electron chi connectivity index (χ4n) is 2.90. The van der Waals surface area contributed by atoms with Crippen molar-refractivity contribution in [2.24, 2.45) is 0 Å². The molecule has 2 N–H and O–H groups in total. The Morgan fingerprint density at radius 3 is 2.27 bits per heavy atom. The normalized spacial score (nSPS) is 11.4. The van der Waals surface area contributed by atoms with E-state index < -0.39 is 0 Å². The second kappa shape index (κ2) is 9.74. The maximum Gasteiger partial charge on any atom is 0.255 e. The number of nitrogens with one attached hydrogen (secondary N) is 2. The zero-order valence-corrected chi connectivity index (χ0v) is 17.4. The van der Waals surface area contributed by atoms with Crippen LogP contribution in [0.5, 0.6) is 5.75 Å². The van der Waals surface area contributed by atoms with Gasteiger partial charge in [0.15, 0.2) is 0 Å². The number of amides is 2. The fourth-order valence-corrected chi connectivity index (χ4v) is 2.90. The molecular formula is C25H26N2O3. The van der Waals surface area contributed by atoms with Crippen LogP contribution in [0.3, 0.4) is 0 Å². The molecule has 3 rings (SSSR count). The van der Waals surface area contributed by atoms with E-state index in [1.807, 2.05) is 44.2 Å². The maximum atomic E-state index is 12.6. The highest BCUT2D eigenvalue weighted by Gasteiger charge is 2.11. The molecule has 0 saturated carbocycles. The highest BCUT2D eigenvalue weighted by Crippen LogP contribution is 2.22. The molecule has 0 aromatic heterocycles. The molecule has 154 valence electrons. The Kier molecular flexibility index (Phi) is 6.86. The number of carbonyl (C=O) groups is 2. The summed E-state index contributed by atoms with van der Waals surface area (Å²) >= 11 is 0. The van der Waals surface area contributed by atoms with E-state index >= 15 is 0 Å². The molecule has 0 heterocycles. The van der Waals surface area contributed by atoms with Gasteiger partial charge in [-0.2, -0.15) is 0 Å². The van der Waals surface area contributed by atoms with Crippen molar-refractivity contribution in [1.82, 2.24) is 0 Å². The van der Waals surface area contributed by atoms with Gasteiger partial charge in [0.05, 0.1) is 6.10 Å². The van der Waals surface area contributed by atoms with Crippen molar-refractivity contribution in [3.05, 3.63) is 89.5 Å². The molecule has 1 unspecified atom stereocenters. The highest BCUT2D eigenvalue weighted by molar-refractivity contribution is 6.06. The van der Waals surface area contributed by atoms with Gasteiger partial charge in [-0.05, 0) is 74.4 Å². The molecule has 5 nitrogen and oxygen atoms in total. The molecule has 1 atom stereocenters. The first-order chi connectivity index (χ1) is 14.5. The zero-order valence-electron chi connectivity index (χ0n) is 17.4.